The summed E-state index contributed by atoms with van der Waals surface area (Å²) in [7, 11) is 3.29. The quantitative estimate of drug-likeness (QED) is 0.716. The van der Waals surface area contributed by atoms with Crippen LogP contribution >= 0.6 is 15.9 Å². The van der Waals surface area contributed by atoms with E-state index in [2.05, 4.69) is 35.1 Å². The van der Waals surface area contributed by atoms with Crippen LogP contribution in [0.1, 0.15) is 32.8 Å². The summed E-state index contributed by atoms with van der Waals surface area (Å²) >= 11 is 3.57. The van der Waals surface area contributed by atoms with Crippen molar-refractivity contribution in [3.63, 3.8) is 0 Å². The van der Waals surface area contributed by atoms with E-state index in [0.717, 1.165) is 39.3 Å². The zero-order valence-corrected chi connectivity index (χ0v) is 17.9. The molecule has 0 fully saturated rings. The third-order valence-electron chi connectivity index (χ3n) is 5.07. The van der Waals surface area contributed by atoms with E-state index < -0.39 is 0 Å². The smallest absolute Gasteiger partial charge is 0.223 e. The van der Waals surface area contributed by atoms with E-state index in [4.69, 9.17) is 9.47 Å². The molecule has 0 saturated carbocycles. The number of fused-ring (bicyclic) bond motifs is 1. The van der Waals surface area contributed by atoms with Crippen molar-refractivity contribution in [2.45, 2.75) is 32.6 Å². The van der Waals surface area contributed by atoms with Crippen LogP contribution in [0.15, 0.2) is 34.8 Å². The van der Waals surface area contributed by atoms with Gasteiger partial charge in [0.05, 0.1) is 31.3 Å². The highest BCUT2D eigenvalue weighted by Crippen LogP contribution is 2.53. The van der Waals surface area contributed by atoms with Gasteiger partial charge in [0.15, 0.2) is 0 Å². The summed E-state index contributed by atoms with van der Waals surface area (Å²) in [5.41, 5.74) is 3.36. The molecule has 5 nitrogen and oxygen atoms in total. The first-order chi connectivity index (χ1) is 12.8. The van der Waals surface area contributed by atoms with Gasteiger partial charge in [-0.05, 0) is 39.9 Å². The van der Waals surface area contributed by atoms with Gasteiger partial charge in [0, 0.05) is 29.6 Å². The largest absolute Gasteiger partial charge is 0.494 e. The molecule has 2 aromatic rings. The van der Waals surface area contributed by atoms with Crippen molar-refractivity contribution in [3.05, 3.63) is 40.4 Å². The highest BCUT2D eigenvalue weighted by molar-refractivity contribution is 9.10. The molecule has 3 rings (SSSR count). The van der Waals surface area contributed by atoms with E-state index in [9.17, 15) is 4.79 Å². The van der Waals surface area contributed by atoms with Crippen molar-refractivity contribution in [1.29, 1.82) is 0 Å². The van der Waals surface area contributed by atoms with Crippen LogP contribution in [0.4, 0.5) is 17.1 Å². The van der Waals surface area contributed by atoms with Crippen LogP contribution in [0.5, 0.6) is 11.5 Å². The number of hydrogen-bond acceptors (Lipinski definition) is 4. The lowest BCUT2D eigenvalue weighted by Gasteiger charge is -2.40. The first kappa shape index (κ1) is 19.5. The van der Waals surface area contributed by atoms with E-state index >= 15 is 0 Å². The number of nitrogens with zero attached hydrogens (tertiary/aromatic N) is 1. The summed E-state index contributed by atoms with van der Waals surface area (Å²) in [5, 5.41) is 3.44. The summed E-state index contributed by atoms with van der Waals surface area (Å²) in [6, 6.07) is 9.80. The topological polar surface area (TPSA) is 50.8 Å². The molecule has 0 aliphatic carbocycles. The summed E-state index contributed by atoms with van der Waals surface area (Å²) in [6.45, 7) is 6.59. The predicted molar refractivity (Wildman–Crippen MR) is 113 cm³/mol. The minimum absolute atomic E-state index is 0.00128. The van der Waals surface area contributed by atoms with Crippen LogP contribution in [-0.4, -0.2) is 26.7 Å². The van der Waals surface area contributed by atoms with Gasteiger partial charge < -0.3 is 19.7 Å². The molecule has 6 heteroatoms. The maximum atomic E-state index is 12.3. The van der Waals surface area contributed by atoms with Gasteiger partial charge in [-0.25, -0.2) is 0 Å². The molecule has 1 amide bonds. The number of rotatable bonds is 4. The molecule has 1 heterocycles. The van der Waals surface area contributed by atoms with Crippen LogP contribution in [0.2, 0.25) is 0 Å². The van der Waals surface area contributed by atoms with E-state index in [1.54, 1.807) is 26.0 Å². The molecule has 1 aliphatic heterocycles. The minimum Gasteiger partial charge on any atom is -0.494 e. The first-order valence-electron chi connectivity index (χ1n) is 8.89. The van der Waals surface area contributed by atoms with Crippen molar-refractivity contribution < 1.29 is 14.3 Å². The Kier molecular flexibility index (Phi) is 5.38. The summed E-state index contributed by atoms with van der Waals surface area (Å²) in [6.07, 6.45) is 0.845. The van der Waals surface area contributed by atoms with Crippen LogP contribution in [0.25, 0.3) is 0 Å². The number of methoxy groups -OCH3 is 2. The molecule has 0 spiro atoms. The van der Waals surface area contributed by atoms with Gasteiger partial charge in [-0.2, -0.15) is 0 Å². The molecule has 144 valence electrons. The second kappa shape index (κ2) is 7.43. The molecular weight excluding hydrogens is 408 g/mol. The van der Waals surface area contributed by atoms with Crippen molar-refractivity contribution in [1.82, 2.24) is 0 Å². The fraction of sp³-hybridized carbons (Fsp3) is 0.381. The molecule has 1 aliphatic rings. The Labute approximate surface area is 168 Å². The van der Waals surface area contributed by atoms with E-state index in [1.165, 1.54) is 0 Å². The maximum absolute atomic E-state index is 12.3. The summed E-state index contributed by atoms with van der Waals surface area (Å²) in [4.78, 5) is 14.1. The Balaban J connectivity index is 2.26. The van der Waals surface area contributed by atoms with Gasteiger partial charge in [0.25, 0.3) is 0 Å². The molecular formula is C21H25BrN2O3. The Morgan fingerprint density at radius 3 is 2.48 bits per heavy atom. The second-order valence-electron chi connectivity index (χ2n) is 7.29. The first-order valence-corrected chi connectivity index (χ1v) is 9.68. The molecule has 0 radical (unpaired) electrons. The van der Waals surface area contributed by atoms with Gasteiger partial charge in [-0.3, -0.25) is 4.79 Å². The monoisotopic (exact) mass is 432 g/mol. The normalized spacial score (nSPS) is 15.1. The number of benzene rings is 2. The van der Waals surface area contributed by atoms with Crippen LogP contribution in [0.3, 0.4) is 0 Å². The second-order valence-corrected chi connectivity index (χ2v) is 8.15. The SMILES string of the molecule is COc1cc(Nc2ccccc2Br)c(OC)c2c1N(C(C)=O)CCC2(C)C. The highest BCUT2D eigenvalue weighted by atomic mass is 79.9. The van der Waals surface area contributed by atoms with Crippen molar-refractivity contribution in [2.75, 3.05) is 31.0 Å². The predicted octanol–water partition coefficient (Wildman–Crippen LogP) is 5.24. The van der Waals surface area contributed by atoms with Crippen molar-refractivity contribution >= 4 is 38.9 Å². The minimum atomic E-state index is -0.161. The molecule has 2 aromatic carbocycles. The van der Waals surface area contributed by atoms with Crippen molar-refractivity contribution in [3.8, 4) is 11.5 Å². The molecule has 0 bridgehead atoms. The van der Waals surface area contributed by atoms with Gasteiger partial charge in [0.2, 0.25) is 5.91 Å². The van der Waals surface area contributed by atoms with Crippen molar-refractivity contribution in [2.24, 2.45) is 0 Å². The Hall–Kier alpha value is -2.21. The van der Waals surface area contributed by atoms with E-state index in [1.807, 2.05) is 30.3 Å². The molecule has 0 aromatic heterocycles. The summed E-state index contributed by atoms with van der Waals surface area (Å²) in [5.74, 6) is 1.39. The maximum Gasteiger partial charge on any atom is 0.223 e. The fourth-order valence-corrected chi connectivity index (χ4v) is 4.02. The van der Waals surface area contributed by atoms with Crippen LogP contribution in [-0.2, 0) is 10.2 Å². The van der Waals surface area contributed by atoms with Gasteiger partial charge in [-0.15, -0.1) is 0 Å². The number of halogens is 1. The highest BCUT2D eigenvalue weighted by Gasteiger charge is 2.39. The zero-order valence-electron chi connectivity index (χ0n) is 16.4. The Bertz CT molecular complexity index is 880. The standard InChI is InChI=1S/C21H25BrN2O3/c1-13(25)24-11-10-21(2,3)18-19(24)17(26-4)12-16(20(18)27-5)23-15-9-7-6-8-14(15)22/h6-9,12,23H,10-11H2,1-5H3. The Morgan fingerprint density at radius 2 is 1.89 bits per heavy atom. The number of para-hydroxylation sites is 1. The number of anilines is 3. The lowest BCUT2D eigenvalue weighted by atomic mass is 9.76. The van der Waals surface area contributed by atoms with Gasteiger partial charge in [-0.1, -0.05) is 26.0 Å². The molecule has 1 N–H and O–H groups in total. The van der Waals surface area contributed by atoms with Gasteiger partial charge >= 0.3 is 0 Å². The lowest BCUT2D eigenvalue weighted by molar-refractivity contribution is -0.116. The average molecular weight is 433 g/mol. The van der Waals surface area contributed by atoms with Crippen LogP contribution < -0.4 is 19.7 Å². The Morgan fingerprint density at radius 1 is 1.19 bits per heavy atom. The van der Waals surface area contributed by atoms with E-state index in [0.29, 0.717) is 12.3 Å². The lowest BCUT2D eigenvalue weighted by Crippen LogP contribution is -2.40. The average Bonchev–Trinajstić information content (AvgIpc) is 2.62. The molecule has 0 saturated heterocycles. The van der Waals surface area contributed by atoms with Gasteiger partial charge in [0.1, 0.15) is 11.5 Å². The number of hydrogen-bond donors (Lipinski definition) is 1. The number of carbonyl (C=O) groups excluding carboxylic acids is 1. The van der Waals surface area contributed by atoms with Crippen LogP contribution in [0, 0.1) is 0 Å². The number of amides is 1. The number of ether oxygens (including phenoxy) is 2. The molecule has 27 heavy (non-hydrogen) atoms. The number of carbonyl (C=O) groups is 1. The fourth-order valence-electron chi connectivity index (χ4n) is 3.64. The zero-order chi connectivity index (χ0) is 19.8. The van der Waals surface area contributed by atoms with E-state index in [-0.39, 0.29) is 11.3 Å². The summed E-state index contributed by atoms with van der Waals surface area (Å²) < 4.78 is 12.5. The molecule has 0 atom stereocenters. The third-order valence-corrected chi connectivity index (χ3v) is 5.76. The number of nitrogens with one attached hydrogen (secondary N) is 1. The third kappa shape index (κ3) is 3.50. The molecule has 0 unspecified atom stereocenters.